The second kappa shape index (κ2) is 6.48. The summed E-state index contributed by atoms with van der Waals surface area (Å²) in [5, 5.41) is 9.68. The van der Waals surface area contributed by atoms with Gasteiger partial charge in [0.2, 0.25) is 0 Å². The number of nitrogens with zero attached hydrogens (tertiary/aromatic N) is 3. The van der Waals surface area contributed by atoms with Crippen LogP contribution in [0, 0.1) is 0 Å². The highest BCUT2D eigenvalue weighted by atomic mass is 35.5. The lowest BCUT2D eigenvalue weighted by Crippen LogP contribution is -2.33. The zero-order valence-electron chi connectivity index (χ0n) is 9.63. The molecule has 17 heavy (non-hydrogen) atoms. The molecule has 0 fully saturated rings. The Morgan fingerprint density at radius 2 is 2.35 bits per heavy atom. The van der Waals surface area contributed by atoms with Crippen LogP contribution in [0.2, 0.25) is 5.15 Å². The van der Waals surface area contributed by atoms with E-state index in [0.717, 1.165) is 0 Å². The minimum Gasteiger partial charge on any atom is -0.389 e. The van der Waals surface area contributed by atoms with Crippen molar-refractivity contribution in [3.05, 3.63) is 17.0 Å². The molecule has 1 heterocycles. The Morgan fingerprint density at radius 1 is 1.65 bits per heavy atom. The van der Waals surface area contributed by atoms with E-state index in [1.165, 1.54) is 13.4 Å². The van der Waals surface area contributed by atoms with Crippen LogP contribution in [-0.4, -0.2) is 54.8 Å². The Bertz CT molecular complexity index is 389. The van der Waals surface area contributed by atoms with Crippen molar-refractivity contribution in [1.29, 1.82) is 0 Å². The molecule has 1 unspecified atom stereocenters. The van der Waals surface area contributed by atoms with Gasteiger partial charge in [0.05, 0.1) is 18.3 Å². The van der Waals surface area contributed by atoms with Crippen LogP contribution in [0.25, 0.3) is 0 Å². The molecule has 0 saturated carbocycles. The lowest BCUT2D eigenvalue weighted by molar-refractivity contribution is 0.0694. The number of aldehydes is 1. The fourth-order valence-corrected chi connectivity index (χ4v) is 1.59. The summed E-state index contributed by atoms with van der Waals surface area (Å²) in [6.07, 6.45) is 1.19. The minimum absolute atomic E-state index is 0.0954. The summed E-state index contributed by atoms with van der Waals surface area (Å²) in [4.78, 5) is 20.2. The number of likely N-dealkylation sites (N-methyl/N-ethyl adjacent to an activating group) is 1. The summed E-state index contributed by atoms with van der Waals surface area (Å²) in [6, 6.07) is 0. The molecule has 7 heteroatoms. The molecule has 0 spiro atoms. The number of hydrogen-bond donors (Lipinski definition) is 1. The van der Waals surface area contributed by atoms with Crippen LogP contribution in [0.3, 0.4) is 0 Å². The van der Waals surface area contributed by atoms with Crippen molar-refractivity contribution >= 4 is 23.7 Å². The van der Waals surface area contributed by atoms with Crippen LogP contribution in [-0.2, 0) is 4.74 Å². The van der Waals surface area contributed by atoms with Crippen molar-refractivity contribution in [3.63, 3.8) is 0 Å². The van der Waals surface area contributed by atoms with E-state index in [9.17, 15) is 9.90 Å². The van der Waals surface area contributed by atoms with Gasteiger partial charge in [-0.15, -0.1) is 0 Å². The van der Waals surface area contributed by atoms with E-state index < -0.39 is 6.10 Å². The summed E-state index contributed by atoms with van der Waals surface area (Å²) in [5.74, 6) is 0.384. The molecule has 0 amide bonds. The quantitative estimate of drug-likeness (QED) is 0.588. The van der Waals surface area contributed by atoms with Crippen LogP contribution in [0.4, 0.5) is 5.82 Å². The lowest BCUT2D eigenvalue weighted by atomic mass is 10.3. The van der Waals surface area contributed by atoms with Gasteiger partial charge in [0.1, 0.15) is 17.3 Å². The second-order valence-corrected chi connectivity index (χ2v) is 3.87. The van der Waals surface area contributed by atoms with E-state index in [-0.39, 0.29) is 23.9 Å². The monoisotopic (exact) mass is 259 g/mol. The number of anilines is 1. The molecule has 0 aliphatic rings. The summed E-state index contributed by atoms with van der Waals surface area (Å²) < 4.78 is 4.82. The summed E-state index contributed by atoms with van der Waals surface area (Å²) in [6.45, 7) is 0.488. The van der Waals surface area contributed by atoms with Gasteiger partial charge in [-0.3, -0.25) is 4.79 Å². The van der Waals surface area contributed by atoms with Crippen LogP contribution in [0.5, 0.6) is 0 Å². The van der Waals surface area contributed by atoms with Gasteiger partial charge in [0.15, 0.2) is 6.29 Å². The molecule has 0 aliphatic heterocycles. The number of carbonyl (C=O) groups is 1. The maximum Gasteiger partial charge on any atom is 0.156 e. The van der Waals surface area contributed by atoms with Gasteiger partial charge >= 0.3 is 0 Å². The fraction of sp³-hybridized carbons (Fsp3) is 0.500. The summed E-state index contributed by atoms with van der Waals surface area (Å²) in [5.41, 5.74) is 0.210. The average molecular weight is 260 g/mol. The normalized spacial score (nSPS) is 12.2. The number of hydrogen-bond acceptors (Lipinski definition) is 6. The Balaban J connectivity index is 2.84. The smallest absolute Gasteiger partial charge is 0.156 e. The van der Waals surface area contributed by atoms with E-state index in [1.54, 1.807) is 11.9 Å². The first-order valence-corrected chi connectivity index (χ1v) is 5.31. The molecule has 0 saturated heterocycles. The predicted molar refractivity (Wildman–Crippen MR) is 63.6 cm³/mol. The Morgan fingerprint density at radius 3 is 2.94 bits per heavy atom. The van der Waals surface area contributed by atoms with Crippen LogP contribution < -0.4 is 4.90 Å². The summed E-state index contributed by atoms with van der Waals surface area (Å²) >= 11 is 5.78. The van der Waals surface area contributed by atoms with Gasteiger partial charge in [0, 0.05) is 20.7 Å². The molecule has 0 bridgehead atoms. The van der Waals surface area contributed by atoms with E-state index in [2.05, 4.69) is 9.97 Å². The topological polar surface area (TPSA) is 75.6 Å². The third-order valence-electron chi connectivity index (χ3n) is 2.14. The second-order valence-electron chi connectivity index (χ2n) is 3.51. The zero-order valence-corrected chi connectivity index (χ0v) is 10.4. The van der Waals surface area contributed by atoms with E-state index in [1.807, 2.05) is 0 Å². The number of ether oxygens (including phenoxy) is 1. The number of rotatable bonds is 6. The van der Waals surface area contributed by atoms with E-state index in [4.69, 9.17) is 16.3 Å². The molecule has 1 rings (SSSR count). The van der Waals surface area contributed by atoms with Gasteiger partial charge in [-0.05, 0) is 0 Å². The maximum absolute atomic E-state index is 10.9. The summed E-state index contributed by atoms with van der Waals surface area (Å²) in [7, 11) is 3.20. The highest BCUT2D eigenvalue weighted by molar-refractivity contribution is 6.32. The Hall–Kier alpha value is -1.24. The van der Waals surface area contributed by atoms with Gasteiger partial charge < -0.3 is 14.7 Å². The van der Waals surface area contributed by atoms with Crippen molar-refractivity contribution in [2.75, 3.05) is 32.2 Å². The average Bonchev–Trinajstić information content (AvgIpc) is 2.28. The molecule has 0 aliphatic carbocycles. The molecular weight excluding hydrogens is 246 g/mol. The van der Waals surface area contributed by atoms with Crippen molar-refractivity contribution in [3.8, 4) is 0 Å². The SMILES string of the molecule is COCC(O)CN(C)c1ncnc(Cl)c1C=O. The van der Waals surface area contributed by atoms with Crippen molar-refractivity contribution in [2.45, 2.75) is 6.10 Å². The van der Waals surface area contributed by atoms with Gasteiger partial charge in [-0.25, -0.2) is 9.97 Å². The number of halogens is 1. The van der Waals surface area contributed by atoms with Crippen molar-refractivity contribution in [1.82, 2.24) is 9.97 Å². The highest BCUT2D eigenvalue weighted by Crippen LogP contribution is 2.20. The molecular formula is C10H14ClN3O3. The molecule has 0 radical (unpaired) electrons. The predicted octanol–water partition coefficient (Wildman–Crippen LogP) is 0.386. The standard InChI is InChI=1S/C10H14ClN3O3/c1-14(3-7(16)5-17-2)10-8(4-15)9(11)12-6-13-10/h4,6-7,16H,3,5H2,1-2H3. The molecule has 1 atom stereocenters. The zero-order chi connectivity index (χ0) is 12.8. The minimum atomic E-state index is -0.668. The molecule has 1 N–H and O–H groups in total. The van der Waals surface area contributed by atoms with E-state index in [0.29, 0.717) is 12.1 Å². The molecule has 0 aromatic carbocycles. The molecule has 1 aromatic rings. The van der Waals surface area contributed by atoms with Crippen LogP contribution in [0.15, 0.2) is 6.33 Å². The first-order valence-electron chi connectivity index (χ1n) is 4.94. The first-order chi connectivity index (χ1) is 8.10. The van der Waals surface area contributed by atoms with E-state index >= 15 is 0 Å². The molecule has 1 aromatic heterocycles. The number of carbonyl (C=O) groups excluding carboxylic acids is 1. The van der Waals surface area contributed by atoms with Gasteiger partial charge in [-0.2, -0.15) is 0 Å². The third-order valence-corrected chi connectivity index (χ3v) is 2.44. The Labute approximate surface area is 104 Å². The maximum atomic E-state index is 10.9. The van der Waals surface area contributed by atoms with Crippen LogP contribution in [0.1, 0.15) is 10.4 Å². The third kappa shape index (κ3) is 3.62. The number of aromatic nitrogens is 2. The lowest BCUT2D eigenvalue weighted by Gasteiger charge is -2.22. The van der Waals surface area contributed by atoms with Gasteiger partial charge in [0.25, 0.3) is 0 Å². The first kappa shape index (κ1) is 13.8. The highest BCUT2D eigenvalue weighted by Gasteiger charge is 2.15. The molecule has 94 valence electrons. The number of aliphatic hydroxyl groups is 1. The number of methoxy groups -OCH3 is 1. The fourth-order valence-electron chi connectivity index (χ4n) is 1.42. The Kier molecular flexibility index (Phi) is 5.27. The largest absolute Gasteiger partial charge is 0.389 e. The van der Waals surface area contributed by atoms with Gasteiger partial charge in [-0.1, -0.05) is 11.6 Å². The van der Waals surface area contributed by atoms with Crippen molar-refractivity contribution in [2.24, 2.45) is 0 Å². The van der Waals surface area contributed by atoms with Crippen LogP contribution >= 0.6 is 11.6 Å². The molecule has 6 nitrogen and oxygen atoms in total. The van der Waals surface area contributed by atoms with Crippen molar-refractivity contribution < 1.29 is 14.6 Å². The number of aliphatic hydroxyl groups excluding tert-OH is 1.